The first-order valence-electron chi connectivity index (χ1n) is 11.7. The SMILES string of the molecule is COc1ccc(CCN2C(=O)c3oc4cc(C)c(C)cc4c(=O)c3C2c2ccccc2F)cc1OC. The van der Waals surface area contributed by atoms with Crippen LogP contribution >= 0.6 is 0 Å². The van der Waals surface area contributed by atoms with E-state index < -0.39 is 17.8 Å². The van der Waals surface area contributed by atoms with Gasteiger partial charge in [0.1, 0.15) is 11.4 Å². The molecular weight excluding hydrogens is 461 g/mol. The van der Waals surface area contributed by atoms with E-state index in [1.54, 1.807) is 50.6 Å². The van der Waals surface area contributed by atoms with Crippen LogP contribution < -0.4 is 14.9 Å². The fraction of sp³-hybridized carbons (Fsp3) is 0.241. The lowest BCUT2D eigenvalue weighted by atomic mass is 9.97. The summed E-state index contributed by atoms with van der Waals surface area (Å²) in [6.45, 7) is 4.07. The molecule has 1 atom stereocenters. The van der Waals surface area contributed by atoms with Crippen molar-refractivity contribution >= 4 is 16.9 Å². The van der Waals surface area contributed by atoms with Gasteiger partial charge in [-0.25, -0.2) is 4.39 Å². The fourth-order valence-corrected chi connectivity index (χ4v) is 4.81. The minimum Gasteiger partial charge on any atom is -0.493 e. The van der Waals surface area contributed by atoms with Gasteiger partial charge in [-0.1, -0.05) is 24.3 Å². The van der Waals surface area contributed by atoms with E-state index in [0.29, 0.717) is 28.9 Å². The summed E-state index contributed by atoms with van der Waals surface area (Å²) >= 11 is 0. The van der Waals surface area contributed by atoms with Gasteiger partial charge in [0.15, 0.2) is 16.9 Å². The quantitative estimate of drug-likeness (QED) is 0.367. The molecule has 7 heteroatoms. The topological polar surface area (TPSA) is 69.0 Å². The maximum absolute atomic E-state index is 15.0. The van der Waals surface area contributed by atoms with Crippen LogP contribution in [0.2, 0.25) is 0 Å². The number of hydrogen-bond donors (Lipinski definition) is 0. The van der Waals surface area contributed by atoms with Crippen molar-refractivity contribution in [3.05, 3.63) is 104 Å². The molecule has 0 saturated carbocycles. The van der Waals surface area contributed by atoms with Crippen LogP contribution in [-0.2, 0) is 6.42 Å². The summed E-state index contributed by atoms with van der Waals surface area (Å²) in [5.41, 5.74) is 3.26. The molecule has 6 nitrogen and oxygen atoms in total. The number of amides is 1. The van der Waals surface area contributed by atoms with E-state index in [1.807, 2.05) is 26.0 Å². The van der Waals surface area contributed by atoms with Gasteiger partial charge in [-0.05, 0) is 67.3 Å². The molecule has 0 fully saturated rings. The van der Waals surface area contributed by atoms with Crippen LogP contribution in [-0.4, -0.2) is 31.6 Å². The number of halogens is 1. The maximum atomic E-state index is 15.0. The number of carbonyl (C=O) groups excluding carboxylic acids is 1. The van der Waals surface area contributed by atoms with Crippen LogP contribution in [0.4, 0.5) is 4.39 Å². The van der Waals surface area contributed by atoms with Gasteiger partial charge < -0.3 is 18.8 Å². The first kappa shape index (κ1) is 23.6. The summed E-state index contributed by atoms with van der Waals surface area (Å²) in [6.07, 6.45) is 0.455. The molecule has 0 N–H and O–H groups in total. The van der Waals surface area contributed by atoms with Crippen LogP contribution in [0.3, 0.4) is 0 Å². The maximum Gasteiger partial charge on any atom is 0.290 e. The van der Waals surface area contributed by atoms with Gasteiger partial charge in [0.25, 0.3) is 5.91 Å². The molecule has 3 aromatic carbocycles. The molecule has 0 saturated heterocycles. The van der Waals surface area contributed by atoms with E-state index in [0.717, 1.165) is 16.7 Å². The lowest BCUT2D eigenvalue weighted by Crippen LogP contribution is -2.32. The number of aryl methyl sites for hydroxylation is 2. The van der Waals surface area contributed by atoms with Crippen molar-refractivity contribution in [1.82, 2.24) is 4.90 Å². The number of rotatable bonds is 6. The Morgan fingerprint density at radius 3 is 2.39 bits per heavy atom. The number of carbonyl (C=O) groups is 1. The Morgan fingerprint density at radius 2 is 1.67 bits per heavy atom. The van der Waals surface area contributed by atoms with Gasteiger partial charge in [-0.3, -0.25) is 9.59 Å². The Morgan fingerprint density at radius 1 is 0.944 bits per heavy atom. The largest absolute Gasteiger partial charge is 0.493 e. The number of ether oxygens (including phenoxy) is 2. The number of benzene rings is 3. The minimum atomic E-state index is -0.892. The molecule has 0 aliphatic carbocycles. The Balaban J connectivity index is 1.62. The smallest absolute Gasteiger partial charge is 0.290 e. The highest BCUT2D eigenvalue weighted by Crippen LogP contribution is 2.39. The Labute approximate surface area is 207 Å². The highest BCUT2D eigenvalue weighted by Gasteiger charge is 2.43. The van der Waals surface area contributed by atoms with Gasteiger partial charge >= 0.3 is 0 Å². The molecule has 2 heterocycles. The van der Waals surface area contributed by atoms with E-state index in [4.69, 9.17) is 13.9 Å². The van der Waals surface area contributed by atoms with Gasteiger partial charge in [-0.2, -0.15) is 0 Å². The van der Waals surface area contributed by atoms with Gasteiger partial charge in [0.2, 0.25) is 5.76 Å². The summed E-state index contributed by atoms with van der Waals surface area (Å²) in [5.74, 6) is 0.221. The summed E-state index contributed by atoms with van der Waals surface area (Å²) in [7, 11) is 3.12. The van der Waals surface area contributed by atoms with Gasteiger partial charge in [-0.15, -0.1) is 0 Å². The standard InChI is InChI=1S/C29H26FNO5/c1-16-13-20-23(14-17(16)2)36-28-25(27(20)32)26(19-7-5-6-8-21(19)30)31(29(28)33)12-11-18-9-10-22(34-3)24(15-18)35-4/h5-10,13-15,26H,11-12H2,1-4H3. The van der Waals surface area contributed by atoms with E-state index in [9.17, 15) is 9.59 Å². The summed E-state index contributed by atoms with van der Waals surface area (Å²) in [5, 5.41) is 0.382. The molecule has 1 amide bonds. The summed E-state index contributed by atoms with van der Waals surface area (Å²) in [4.78, 5) is 28.8. The molecule has 1 aliphatic heterocycles. The molecule has 5 rings (SSSR count). The number of methoxy groups -OCH3 is 2. The van der Waals surface area contributed by atoms with E-state index in [2.05, 4.69) is 0 Å². The molecule has 36 heavy (non-hydrogen) atoms. The second-order valence-electron chi connectivity index (χ2n) is 8.97. The lowest BCUT2D eigenvalue weighted by Gasteiger charge is -2.25. The second kappa shape index (κ2) is 9.15. The number of fused-ring (bicyclic) bond motifs is 2. The highest BCUT2D eigenvalue weighted by atomic mass is 19.1. The number of hydrogen-bond acceptors (Lipinski definition) is 5. The lowest BCUT2D eigenvalue weighted by molar-refractivity contribution is 0.0728. The van der Waals surface area contributed by atoms with Crippen molar-refractivity contribution in [2.24, 2.45) is 0 Å². The van der Waals surface area contributed by atoms with Crippen molar-refractivity contribution in [3.63, 3.8) is 0 Å². The average Bonchev–Trinajstić information content (AvgIpc) is 3.15. The van der Waals surface area contributed by atoms with Crippen molar-refractivity contribution < 1.29 is 23.1 Å². The van der Waals surface area contributed by atoms with Crippen LogP contribution in [0.1, 0.15) is 44.4 Å². The summed E-state index contributed by atoms with van der Waals surface area (Å²) in [6, 6.07) is 14.4. The Hall–Kier alpha value is -4.13. The van der Waals surface area contributed by atoms with Crippen molar-refractivity contribution in [2.75, 3.05) is 20.8 Å². The first-order valence-corrected chi connectivity index (χ1v) is 11.7. The van der Waals surface area contributed by atoms with E-state index >= 15 is 4.39 Å². The fourth-order valence-electron chi connectivity index (χ4n) is 4.81. The molecule has 4 aromatic rings. The third kappa shape index (κ3) is 3.81. The molecule has 0 spiro atoms. The zero-order chi connectivity index (χ0) is 25.6. The predicted molar refractivity (Wildman–Crippen MR) is 134 cm³/mol. The molecule has 0 bridgehead atoms. The minimum absolute atomic E-state index is 0.0312. The Kier molecular flexibility index (Phi) is 6.00. The molecule has 0 radical (unpaired) electrons. The van der Waals surface area contributed by atoms with Crippen molar-refractivity contribution in [2.45, 2.75) is 26.3 Å². The Bertz CT molecular complexity index is 1560. The average molecular weight is 488 g/mol. The number of nitrogens with zero attached hydrogens (tertiary/aromatic N) is 1. The third-order valence-corrected chi connectivity index (χ3v) is 6.87. The van der Waals surface area contributed by atoms with Crippen molar-refractivity contribution in [1.29, 1.82) is 0 Å². The summed E-state index contributed by atoms with van der Waals surface area (Å²) < 4.78 is 31.8. The van der Waals surface area contributed by atoms with Crippen LogP contribution in [0.25, 0.3) is 11.0 Å². The molecule has 1 aliphatic rings. The van der Waals surface area contributed by atoms with E-state index in [-0.39, 0.29) is 28.9 Å². The molecule has 1 aromatic heterocycles. The van der Waals surface area contributed by atoms with Crippen LogP contribution in [0.5, 0.6) is 11.5 Å². The first-order chi connectivity index (χ1) is 17.3. The predicted octanol–water partition coefficient (Wildman–Crippen LogP) is 5.35. The third-order valence-electron chi connectivity index (χ3n) is 6.87. The van der Waals surface area contributed by atoms with Crippen molar-refractivity contribution in [3.8, 4) is 11.5 Å². The zero-order valence-electron chi connectivity index (χ0n) is 20.6. The van der Waals surface area contributed by atoms with E-state index in [1.165, 1.54) is 11.0 Å². The highest BCUT2D eigenvalue weighted by molar-refractivity contribution is 5.99. The van der Waals surface area contributed by atoms with Crippen LogP contribution in [0, 0.1) is 19.7 Å². The monoisotopic (exact) mass is 487 g/mol. The van der Waals surface area contributed by atoms with Crippen LogP contribution in [0.15, 0.2) is 63.8 Å². The van der Waals surface area contributed by atoms with Gasteiger partial charge in [0.05, 0.1) is 31.2 Å². The zero-order valence-corrected chi connectivity index (χ0v) is 20.6. The molecular formula is C29H26FNO5. The normalized spacial score (nSPS) is 14.9. The van der Waals surface area contributed by atoms with Gasteiger partial charge in [0, 0.05) is 12.1 Å². The molecule has 184 valence electrons. The second-order valence-corrected chi connectivity index (χ2v) is 8.97. The molecule has 1 unspecified atom stereocenters.